The number of rotatable bonds is 4. The van der Waals surface area contributed by atoms with E-state index in [0.29, 0.717) is 27.8 Å². The molecule has 2 rings (SSSR count). The summed E-state index contributed by atoms with van der Waals surface area (Å²) >= 11 is 6.08. The molecule has 0 aliphatic carbocycles. The molecule has 0 fully saturated rings. The minimum Gasteiger partial charge on any atom is -0.495 e. The van der Waals surface area contributed by atoms with Crippen molar-refractivity contribution in [3.05, 3.63) is 52.5 Å². The van der Waals surface area contributed by atoms with E-state index >= 15 is 0 Å². The van der Waals surface area contributed by atoms with E-state index in [1.807, 2.05) is 25.1 Å². The Kier molecular flexibility index (Phi) is 4.70. The lowest BCUT2D eigenvalue weighted by Gasteiger charge is -2.13. The van der Waals surface area contributed by atoms with E-state index in [-0.39, 0.29) is 5.91 Å². The number of benzene rings is 2. The summed E-state index contributed by atoms with van der Waals surface area (Å²) in [7, 11) is 3.04. The van der Waals surface area contributed by atoms with Crippen molar-refractivity contribution in [3.63, 3.8) is 0 Å². The number of amides is 1. The molecule has 2 aromatic carbocycles. The molecule has 0 aromatic heterocycles. The van der Waals surface area contributed by atoms with Crippen molar-refractivity contribution in [1.82, 2.24) is 0 Å². The van der Waals surface area contributed by atoms with Gasteiger partial charge < -0.3 is 14.8 Å². The Hall–Kier alpha value is -2.20. The molecule has 21 heavy (non-hydrogen) atoms. The molecule has 1 amide bonds. The zero-order valence-electron chi connectivity index (χ0n) is 12.1. The molecular weight excluding hydrogens is 290 g/mol. The number of carbonyl (C=O) groups excluding carboxylic acids is 1. The summed E-state index contributed by atoms with van der Waals surface area (Å²) in [6.45, 7) is 1.93. The predicted octanol–water partition coefficient (Wildman–Crippen LogP) is 3.92. The first-order valence-electron chi connectivity index (χ1n) is 6.34. The van der Waals surface area contributed by atoms with Crippen LogP contribution in [0, 0.1) is 6.92 Å². The molecule has 0 spiro atoms. The van der Waals surface area contributed by atoms with E-state index in [0.717, 1.165) is 5.56 Å². The largest absolute Gasteiger partial charge is 0.495 e. The predicted molar refractivity (Wildman–Crippen MR) is 83.7 cm³/mol. The average molecular weight is 306 g/mol. The molecule has 0 aliphatic heterocycles. The molecule has 0 heterocycles. The molecule has 5 heteroatoms. The van der Waals surface area contributed by atoms with E-state index in [1.54, 1.807) is 18.2 Å². The van der Waals surface area contributed by atoms with Crippen LogP contribution in [-0.2, 0) is 0 Å². The highest BCUT2D eigenvalue weighted by atomic mass is 35.5. The summed E-state index contributed by atoms with van der Waals surface area (Å²) in [4.78, 5) is 12.3. The maximum absolute atomic E-state index is 12.3. The van der Waals surface area contributed by atoms with Crippen LogP contribution in [0.15, 0.2) is 36.4 Å². The van der Waals surface area contributed by atoms with Gasteiger partial charge in [0.1, 0.15) is 11.5 Å². The molecular formula is C16H16ClNO3. The Balaban J connectivity index is 2.30. The van der Waals surface area contributed by atoms with Crippen molar-refractivity contribution in [2.75, 3.05) is 19.5 Å². The second-order valence-corrected chi connectivity index (χ2v) is 4.92. The van der Waals surface area contributed by atoms with E-state index in [9.17, 15) is 4.79 Å². The number of hydrogen-bond acceptors (Lipinski definition) is 3. The van der Waals surface area contributed by atoms with Crippen LogP contribution in [0.2, 0.25) is 5.02 Å². The quantitative estimate of drug-likeness (QED) is 0.931. The standard InChI is InChI=1S/C16H16ClNO3/c1-10-5-4-6-11(7-10)16(19)18-13-8-12(17)14(20-2)9-15(13)21-3/h4-9H,1-3H3,(H,18,19). The third-order valence-electron chi connectivity index (χ3n) is 3.00. The van der Waals surface area contributed by atoms with Crippen molar-refractivity contribution in [1.29, 1.82) is 0 Å². The SMILES string of the molecule is COc1cc(OC)c(NC(=O)c2cccc(C)c2)cc1Cl. The number of halogens is 1. The first-order chi connectivity index (χ1) is 10.0. The fourth-order valence-corrected chi connectivity index (χ4v) is 2.18. The van der Waals surface area contributed by atoms with Crippen molar-refractivity contribution >= 4 is 23.2 Å². The lowest BCUT2D eigenvalue weighted by molar-refractivity contribution is 0.102. The van der Waals surface area contributed by atoms with Gasteiger partial charge in [0.05, 0.1) is 24.9 Å². The monoisotopic (exact) mass is 305 g/mol. The lowest BCUT2D eigenvalue weighted by Crippen LogP contribution is -2.12. The van der Waals surface area contributed by atoms with Gasteiger partial charge in [0, 0.05) is 11.6 Å². The Bertz CT molecular complexity index is 671. The van der Waals surface area contributed by atoms with Gasteiger partial charge in [-0.05, 0) is 25.1 Å². The minimum absolute atomic E-state index is 0.224. The number of aryl methyl sites for hydroxylation is 1. The van der Waals surface area contributed by atoms with Crippen LogP contribution >= 0.6 is 11.6 Å². The van der Waals surface area contributed by atoms with Crippen LogP contribution in [0.1, 0.15) is 15.9 Å². The highest BCUT2D eigenvalue weighted by molar-refractivity contribution is 6.32. The molecule has 4 nitrogen and oxygen atoms in total. The van der Waals surface area contributed by atoms with Gasteiger partial charge in [-0.3, -0.25) is 4.79 Å². The molecule has 2 aromatic rings. The average Bonchev–Trinajstić information content (AvgIpc) is 2.47. The van der Waals surface area contributed by atoms with Crippen molar-refractivity contribution < 1.29 is 14.3 Å². The Labute approximate surface area is 128 Å². The summed E-state index contributed by atoms with van der Waals surface area (Å²) in [5.41, 5.74) is 2.08. The first kappa shape index (κ1) is 15.2. The molecule has 0 saturated carbocycles. The number of ether oxygens (including phenoxy) is 2. The van der Waals surface area contributed by atoms with Crippen molar-refractivity contribution in [3.8, 4) is 11.5 Å². The zero-order chi connectivity index (χ0) is 15.4. The zero-order valence-corrected chi connectivity index (χ0v) is 12.8. The van der Waals surface area contributed by atoms with Crippen LogP contribution in [0.4, 0.5) is 5.69 Å². The molecule has 0 atom stereocenters. The number of carbonyl (C=O) groups is 1. The van der Waals surface area contributed by atoms with Crippen LogP contribution < -0.4 is 14.8 Å². The van der Waals surface area contributed by atoms with Gasteiger partial charge in [-0.2, -0.15) is 0 Å². The summed E-state index contributed by atoms with van der Waals surface area (Å²) < 4.78 is 10.4. The summed E-state index contributed by atoms with van der Waals surface area (Å²) in [5, 5.41) is 3.19. The van der Waals surface area contributed by atoms with E-state index < -0.39 is 0 Å². The van der Waals surface area contributed by atoms with Gasteiger partial charge in [-0.1, -0.05) is 29.3 Å². The second kappa shape index (κ2) is 6.50. The van der Waals surface area contributed by atoms with Gasteiger partial charge in [0.15, 0.2) is 0 Å². The van der Waals surface area contributed by atoms with Gasteiger partial charge in [-0.15, -0.1) is 0 Å². The molecule has 1 N–H and O–H groups in total. The summed E-state index contributed by atoms with van der Waals surface area (Å²) in [5.74, 6) is 0.748. The maximum Gasteiger partial charge on any atom is 0.255 e. The molecule has 0 unspecified atom stereocenters. The van der Waals surface area contributed by atoms with Crippen LogP contribution in [0.3, 0.4) is 0 Å². The summed E-state index contributed by atoms with van der Waals surface area (Å²) in [6, 6.07) is 10.6. The highest BCUT2D eigenvalue weighted by Gasteiger charge is 2.13. The third kappa shape index (κ3) is 3.47. The van der Waals surface area contributed by atoms with Crippen LogP contribution in [0.5, 0.6) is 11.5 Å². The number of anilines is 1. The Morgan fingerprint density at radius 2 is 1.81 bits per heavy atom. The normalized spacial score (nSPS) is 10.1. The number of nitrogens with one attached hydrogen (secondary N) is 1. The van der Waals surface area contributed by atoms with Gasteiger partial charge in [-0.25, -0.2) is 0 Å². The Morgan fingerprint density at radius 1 is 1.10 bits per heavy atom. The maximum atomic E-state index is 12.3. The molecule has 0 aliphatic rings. The fourth-order valence-electron chi connectivity index (χ4n) is 1.94. The molecule has 0 bridgehead atoms. The third-order valence-corrected chi connectivity index (χ3v) is 3.30. The summed E-state index contributed by atoms with van der Waals surface area (Å²) in [6.07, 6.45) is 0. The second-order valence-electron chi connectivity index (χ2n) is 4.51. The molecule has 0 radical (unpaired) electrons. The van der Waals surface area contributed by atoms with Gasteiger partial charge in [0.2, 0.25) is 0 Å². The van der Waals surface area contributed by atoms with Gasteiger partial charge >= 0.3 is 0 Å². The topological polar surface area (TPSA) is 47.6 Å². The first-order valence-corrected chi connectivity index (χ1v) is 6.72. The van der Waals surface area contributed by atoms with E-state index in [1.165, 1.54) is 14.2 Å². The van der Waals surface area contributed by atoms with Gasteiger partial charge in [0.25, 0.3) is 5.91 Å². The minimum atomic E-state index is -0.224. The van der Waals surface area contributed by atoms with Crippen LogP contribution in [0.25, 0.3) is 0 Å². The smallest absolute Gasteiger partial charge is 0.255 e. The van der Waals surface area contributed by atoms with Crippen molar-refractivity contribution in [2.45, 2.75) is 6.92 Å². The molecule has 0 saturated heterocycles. The van der Waals surface area contributed by atoms with Crippen LogP contribution in [-0.4, -0.2) is 20.1 Å². The van der Waals surface area contributed by atoms with Crippen molar-refractivity contribution in [2.24, 2.45) is 0 Å². The fraction of sp³-hybridized carbons (Fsp3) is 0.188. The number of methoxy groups -OCH3 is 2. The number of hydrogen-bond donors (Lipinski definition) is 1. The highest BCUT2D eigenvalue weighted by Crippen LogP contribution is 2.36. The van der Waals surface area contributed by atoms with E-state index in [2.05, 4.69) is 5.32 Å². The Morgan fingerprint density at radius 3 is 2.43 bits per heavy atom. The molecule has 110 valence electrons. The lowest BCUT2D eigenvalue weighted by atomic mass is 10.1. The van der Waals surface area contributed by atoms with E-state index in [4.69, 9.17) is 21.1 Å².